The van der Waals surface area contributed by atoms with Gasteiger partial charge in [0.15, 0.2) is 11.4 Å². The lowest BCUT2D eigenvalue weighted by Gasteiger charge is -2.25. The standard InChI is InChI=1S/C22H23N5O2/c1-3-13-25-14-10-17(11-15-25)26-16-20(29-2)22(28)21(24-26)19-9-12-23-27(19)18-7-5-4-6-8-18/h3-10,12,16H,1,11,13-15H2,2H3. The second-order valence-electron chi connectivity index (χ2n) is 6.78. The molecule has 1 aliphatic rings. The molecule has 0 spiro atoms. The van der Waals surface area contributed by atoms with Crippen molar-refractivity contribution in [2.24, 2.45) is 0 Å². The Bertz CT molecular complexity index is 1100. The predicted molar refractivity (Wildman–Crippen MR) is 113 cm³/mol. The minimum atomic E-state index is -0.258. The molecule has 0 saturated carbocycles. The molecule has 0 bridgehead atoms. The molecule has 0 aliphatic carbocycles. The number of benzene rings is 1. The van der Waals surface area contributed by atoms with Gasteiger partial charge in [-0.1, -0.05) is 24.3 Å². The lowest BCUT2D eigenvalue weighted by molar-refractivity contribution is 0.330. The average molecular weight is 389 g/mol. The van der Waals surface area contributed by atoms with Crippen LogP contribution in [0, 0.1) is 0 Å². The molecular weight excluding hydrogens is 366 g/mol. The summed E-state index contributed by atoms with van der Waals surface area (Å²) in [4.78, 5) is 15.3. The van der Waals surface area contributed by atoms with Gasteiger partial charge in [0.25, 0.3) is 5.43 Å². The van der Waals surface area contributed by atoms with E-state index in [1.165, 1.54) is 7.11 Å². The van der Waals surface area contributed by atoms with Crippen molar-refractivity contribution in [3.8, 4) is 22.8 Å². The van der Waals surface area contributed by atoms with E-state index in [0.717, 1.165) is 37.4 Å². The van der Waals surface area contributed by atoms with E-state index < -0.39 is 0 Å². The first-order valence-electron chi connectivity index (χ1n) is 9.51. The predicted octanol–water partition coefficient (Wildman–Crippen LogP) is 2.84. The van der Waals surface area contributed by atoms with Gasteiger partial charge >= 0.3 is 0 Å². The largest absolute Gasteiger partial charge is 0.491 e. The van der Waals surface area contributed by atoms with Crippen molar-refractivity contribution in [2.75, 3.05) is 26.7 Å². The van der Waals surface area contributed by atoms with Gasteiger partial charge in [-0.25, -0.2) is 9.36 Å². The quantitative estimate of drug-likeness (QED) is 0.607. The summed E-state index contributed by atoms with van der Waals surface area (Å²) in [5, 5.41) is 9.05. The third-order valence-corrected chi connectivity index (χ3v) is 4.94. The highest BCUT2D eigenvalue weighted by atomic mass is 16.5. The summed E-state index contributed by atoms with van der Waals surface area (Å²) in [7, 11) is 1.50. The maximum absolute atomic E-state index is 13.0. The first-order chi connectivity index (χ1) is 14.2. The second-order valence-corrected chi connectivity index (χ2v) is 6.78. The van der Waals surface area contributed by atoms with Crippen molar-refractivity contribution in [3.63, 3.8) is 0 Å². The van der Waals surface area contributed by atoms with Gasteiger partial charge in [-0.05, 0) is 24.3 Å². The highest BCUT2D eigenvalue weighted by Gasteiger charge is 2.19. The van der Waals surface area contributed by atoms with Gasteiger partial charge in [0.2, 0.25) is 0 Å². The number of para-hydroxylation sites is 1. The average Bonchev–Trinajstić information content (AvgIpc) is 3.25. The topological polar surface area (TPSA) is 65.2 Å². The maximum Gasteiger partial charge on any atom is 0.251 e. The maximum atomic E-state index is 13.0. The summed E-state index contributed by atoms with van der Waals surface area (Å²) in [6, 6.07) is 11.5. The number of hydrogen-bond donors (Lipinski definition) is 0. The van der Waals surface area contributed by atoms with Crippen molar-refractivity contribution in [1.82, 2.24) is 24.5 Å². The molecule has 0 saturated heterocycles. The van der Waals surface area contributed by atoms with Gasteiger partial charge in [0.1, 0.15) is 0 Å². The van der Waals surface area contributed by atoms with E-state index in [1.54, 1.807) is 27.8 Å². The zero-order chi connectivity index (χ0) is 20.2. The molecule has 29 heavy (non-hydrogen) atoms. The first-order valence-corrected chi connectivity index (χ1v) is 9.51. The Kier molecular flexibility index (Phi) is 5.39. The Hall–Kier alpha value is -3.45. The summed E-state index contributed by atoms with van der Waals surface area (Å²) >= 11 is 0. The lowest BCUT2D eigenvalue weighted by Crippen LogP contribution is -2.30. The van der Waals surface area contributed by atoms with E-state index in [-0.39, 0.29) is 11.2 Å². The number of hydrogen-bond acceptors (Lipinski definition) is 5. The number of nitrogens with zero attached hydrogens (tertiary/aromatic N) is 5. The van der Waals surface area contributed by atoms with Crippen molar-refractivity contribution in [1.29, 1.82) is 0 Å². The minimum absolute atomic E-state index is 0.255. The van der Waals surface area contributed by atoms with Crippen LogP contribution < -0.4 is 10.2 Å². The molecule has 0 unspecified atom stereocenters. The zero-order valence-electron chi connectivity index (χ0n) is 16.4. The third kappa shape index (κ3) is 3.77. The number of methoxy groups -OCH3 is 1. The molecule has 7 heteroatoms. The van der Waals surface area contributed by atoms with E-state index in [2.05, 4.69) is 27.8 Å². The molecule has 1 aromatic carbocycles. The first kappa shape index (κ1) is 18.9. The fraction of sp³-hybridized carbons (Fsp3) is 0.227. The van der Waals surface area contributed by atoms with Crippen LogP contribution in [0.5, 0.6) is 5.75 Å². The van der Waals surface area contributed by atoms with Crippen LogP contribution in [0.4, 0.5) is 0 Å². The van der Waals surface area contributed by atoms with Crippen LogP contribution in [0.25, 0.3) is 22.8 Å². The molecule has 0 fully saturated rings. The molecule has 0 N–H and O–H groups in total. The molecule has 0 amide bonds. The monoisotopic (exact) mass is 389 g/mol. The molecule has 3 aromatic rings. The van der Waals surface area contributed by atoms with Gasteiger partial charge in [-0.15, -0.1) is 6.58 Å². The Morgan fingerprint density at radius 1 is 1.24 bits per heavy atom. The summed E-state index contributed by atoms with van der Waals surface area (Å²) in [6.45, 7) is 6.37. The zero-order valence-corrected chi connectivity index (χ0v) is 16.4. The molecule has 2 aromatic heterocycles. The van der Waals surface area contributed by atoms with E-state index in [0.29, 0.717) is 11.4 Å². The number of aromatic nitrogens is 4. The van der Waals surface area contributed by atoms with Crippen molar-refractivity contribution >= 4 is 5.70 Å². The van der Waals surface area contributed by atoms with Gasteiger partial charge in [0, 0.05) is 31.8 Å². The Labute approximate surface area is 169 Å². The molecule has 1 aliphatic heterocycles. The van der Waals surface area contributed by atoms with Crippen LogP contribution in [0.2, 0.25) is 0 Å². The summed E-state index contributed by atoms with van der Waals surface area (Å²) in [6.07, 6.45) is 8.18. The van der Waals surface area contributed by atoms with E-state index in [9.17, 15) is 4.79 Å². The van der Waals surface area contributed by atoms with Crippen LogP contribution in [-0.4, -0.2) is 51.2 Å². The fourth-order valence-electron chi connectivity index (χ4n) is 3.44. The molecule has 3 heterocycles. The smallest absolute Gasteiger partial charge is 0.251 e. The van der Waals surface area contributed by atoms with Crippen LogP contribution in [0.3, 0.4) is 0 Å². The van der Waals surface area contributed by atoms with E-state index in [4.69, 9.17) is 4.74 Å². The highest BCUT2D eigenvalue weighted by molar-refractivity contribution is 5.60. The Morgan fingerprint density at radius 3 is 2.76 bits per heavy atom. The van der Waals surface area contributed by atoms with Gasteiger partial charge in [-0.2, -0.15) is 10.2 Å². The highest BCUT2D eigenvalue weighted by Crippen LogP contribution is 2.22. The van der Waals surface area contributed by atoms with Crippen LogP contribution >= 0.6 is 0 Å². The summed E-state index contributed by atoms with van der Waals surface area (Å²) in [5.74, 6) is 0.255. The van der Waals surface area contributed by atoms with Crippen LogP contribution in [0.15, 0.2) is 72.3 Å². The molecule has 4 rings (SSSR count). The van der Waals surface area contributed by atoms with Gasteiger partial charge in [0.05, 0.1) is 30.9 Å². The SMILES string of the molecule is C=CCN1CC=C(n2cc(OC)c(=O)c(-c3ccnn3-c3ccccc3)n2)CC1. The third-order valence-electron chi connectivity index (χ3n) is 4.94. The van der Waals surface area contributed by atoms with Crippen molar-refractivity contribution < 1.29 is 4.74 Å². The molecular formula is C22H23N5O2. The minimum Gasteiger partial charge on any atom is -0.491 e. The molecule has 148 valence electrons. The van der Waals surface area contributed by atoms with Crippen LogP contribution in [-0.2, 0) is 0 Å². The summed E-state index contributed by atoms with van der Waals surface area (Å²) in [5.41, 5.74) is 2.57. The Balaban J connectivity index is 1.78. The van der Waals surface area contributed by atoms with Crippen LogP contribution in [0.1, 0.15) is 6.42 Å². The number of ether oxygens (including phenoxy) is 1. The number of rotatable bonds is 6. The van der Waals surface area contributed by atoms with Gasteiger partial charge < -0.3 is 4.74 Å². The van der Waals surface area contributed by atoms with Gasteiger partial charge in [-0.3, -0.25) is 9.69 Å². The lowest BCUT2D eigenvalue weighted by atomic mass is 10.2. The second kappa shape index (κ2) is 8.28. The normalized spacial score (nSPS) is 14.4. The molecule has 0 atom stereocenters. The summed E-state index contributed by atoms with van der Waals surface area (Å²) < 4.78 is 8.84. The van der Waals surface area contributed by atoms with Crippen molar-refractivity contribution in [3.05, 3.63) is 77.7 Å². The fourth-order valence-corrected chi connectivity index (χ4v) is 3.44. The van der Waals surface area contributed by atoms with E-state index >= 15 is 0 Å². The van der Waals surface area contributed by atoms with Crippen molar-refractivity contribution in [2.45, 2.75) is 6.42 Å². The molecule has 7 nitrogen and oxygen atoms in total. The molecule has 0 radical (unpaired) electrons. The Morgan fingerprint density at radius 2 is 2.07 bits per heavy atom. The van der Waals surface area contributed by atoms with E-state index in [1.807, 2.05) is 36.4 Å².